The number of rotatable bonds is 4. The van der Waals surface area contributed by atoms with Gasteiger partial charge in [0, 0.05) is 43.6 Å². The number of halogens is 3. The second kappa shape index (κ2) is 9.17. The zero-order chi connectivity index (χ0) is 23.6. The first kappa shape index (κ1) is 22.7. The Morgan fingerprint density at radius 3 is 2.39 bits per heavy atom. The van der Waals surface area contributed by atoms with E-state index in [1.54, 1.807) is 11.0 Å². The number of benzene rings is 2. The summed E-state index contributed by atoms with van der Waals surface area (Å²) < 4.78 is 39.1. The third kappa shape index (κ3) is 4.81. The monoisotopic (exact) mass is 458 g/mol. The van der Waals surface area contributed by atoms with Crippen LogP contribution >= 0.6 is 0 Å². The number of oxime groups is 1. The van der Waals surface area contributed by atoms with E-state index in [1.165, 1.54) is 6.07 Å². The summed E-state index contributed by atoms with van der Waals surface area (Å²) in [5.74, 6) is -0.774. The Morgan fingerprint density at radius 1 is 1.06 bits per heavy atom. The minimum Gasteiger partial charge on any atom is -0.410 e. The number of amides is 1. The van der Waals surface area contributed by atoms with Crippen LogP contribution in [0.1, 0.15) is 18.1 Å². The first-order valence-corrected chi connectivity index (χ1v) is 10.7. The average Bonchev–Trinajstić information content (AvgIpc) is 3.21. The molecule has 2 atom stereocenters. The van der Waals surface area contributed by atoms with E-state index in [-0.39, 0.29) is 17.7 Å². The van der Waals surface area contributed by atoms with Gasteiger partial charge in [0.15, 0.2) is 5.71 Å². The summed E-state index contributed by atoms with van der Waals surface area (Å²) in [5.41, 5.74) is 1.67. The Morgan fingerprint density at radius 2 is 1.76 bits per heavy atom. The molecule has 1 amide bonds. The van der Waals surface area contributed by atoms with Crippen LogP contribution in [0.15, 0.2) is 65.8 Å². The molecule has 2 unspecified atom stereocenters. The van der Waals surface area contributed by atoms with Gasteiger partial charge in [-0.2, -0.15) is 13.2 Å². The van der Waals surface area contributed by atoms with E-state index in [2.05, 4.69) is 10.5 Å². The highest BCUT2D eigenvalue weighted by Crippen LogP contribution is 2.32. The summed E-state index contributed by atoms with van der Waals surface area (Å²) in [4.78, 5) is 16.5. The lowest BCUT2D eigenvalue weighted by molar-refractivity contribution is -0.137. The van der Waals surface area contributed by atoms with Crippen LogP contribution in [0.5, 0.6) is 0 Å². The Bertz CT molecular complexity index is 1060. The Labute approximate surface area is 190 Å². The molecule has 2 aromatic rings. The first-order chi connectivity index (χ1) is 15.8. The lowest BCUT2D eigenvalue weighted by Crippen LogP contribution is -2.52. The highest BCUT2D eigenvalue weighted by atomic mass is 19.4. The summed E-state index contributed by atoms with van der Waals surface area (Å²) in [7, 11) is 0. The third-order valence-electron chi connectivity index (χ3n) is 6.10. The number of carbonyl (C=O) groups excluding carboxylic acids is 1. The van der Waals surface area contributed by atoms with E-state index in [0.29, 0.717) is 31.9 Å². The normalized spacial score (nSPS) is 21.6. The number of anilines is 1. The number of carbonyl (C=O) groups is 1. The number of nitrogens with one attached hydrogen (secondary N) is 1. The molecule has 0 aromatic heterocycles. The highest BCUT2D eigenvalue weighted by Gasteiger charge is 2.36. The topological polar surface area (TPSA) is 68.2 Å². The van der Waals surface area contributed by atoms with Gasteiger partial charge in [0.05, 0.1) is 11.5 Å². The van der Waals surface area contributed by atoms with Gasteiger partial charge in [0.25, 0.3) is 5.91 Å². The number of piperazine rings is 1. The number of alkyl halides is 3. The minimum absolute atomic E-state index is 0.0495. The zero-order valence-corrected chi connectivity index (χ0v) is 18.1. The van der Waals surface area contributed by atoms with Crippen molar-refractivity contribution in [1.82, 2.24) is 10.2 Å². The van der Waals surface area contributed by atoms with E-state index in [1.807, 2.05) is 48.2 Å². The standard InChI is InChI=1S/C24H25F3N4O2/c1-16-20(15-21(28-16)17-6-3-2-4-7-17)22(29-33)23(32)31-12-10-30(11-13-31)19-9-5-8-18(14-19)24(25,26)27/h2-9,14-16,20,28,33H,10-13H2,1H3/b29-22+. The minimum atomic E-state index is -4.40. The molecule has 2 heterocycles. The van der Waals surface area contributed by atoms with Gasteiger partial charge in [0.1, 0.15) is 0 Å². The summed E-state index contributed by atoms with van der Waals surface area (Å²) in [6.45, 7) is 3.32. The summed E-state index contributed by atoms with van der Waals surface area (Å²) in [6, 6.07) is 14.7. The smallest absolute Gasteiger partial charge is 0.410 e. The maximum Gasteiger partial charge on any atom is 0.416 e. The molecular weight excluding hydrogens is 433 g/mol. The van der Waals surface area contributed by atoms with Crippen molar-refractivity contribution < 1.29 is 23.2 Å². The van der Waals surface area contributed by atoms with Gasteiger partial charge in [-0.15, -0.1) is 0 Å². The van der Waals surface area contributed by atoms with Crippen molar-refractivity contribution in [3.63, 3.8) is 0 Å². The van der Waals surface area contributed by atoms with E-state index in [9.17, 15) is 23.2 Å². The molecule has 0 aliphatic carbocycles. The largest absolute Gasteiger partial charge is 0.416 e. The summed E-state index contributed by atoms with van der Waals surface area (Å²) >= 11 is 0. The highest BCUT2D eigenvalue weighted by molar-refractivity contribution is 6.40. The van der Waals surface area contributed by atoms with Crippen molar-refractivity contribution >= 4 is 23.0 Å². The van der Waals surface area contributed by atoms with Crippen LogP contribution in [0.2, 0.25) is 0 Å². The molecule has 4 rings (SSSR count). The van der Waals surface area contributed by atoms with Crippen LogP contribution in [0, 0.1) is 5.92 Å². The molecule has 0 bridgehead atoms. The SMILES string of the molecule is CC1NC(c2ccccc2)=CC1/C(=N\O)C(=O)N1CCN(c2cccc(C(F)(F)F)c2)CC1. The van der Waals surface area contributed by atoms with Crippen molar-refractivity contribution in [3.05, 3.63) is 71.8 Å². The van der Waals surface area contributed by atoms with Crippen LogP contribution in [0.3, 0.4) is 0 Å². The number of hydrogen-bond donors (Lipinski definition) is 2. The Kier molecular flexibility index (Phi) is 6.31. The van der Waals surface area contributed by atoms with Gasteiger partial charge in [0.2, 0.25) is 0 Å². The van der Waals surface area contributed by atoms with Crippen LogP contribution in [0.25, 0.3) is 5.70 Å². The van der Waals surface area contributed by atoms with E-state index in [4.69, 9.17) is 0 Å². The molecular formula is C24H25F3N4O2. The molecule has 6 nitrogen and oxygen atoms in total. The molecule has 2 aliphatic heterocycles. The van der Waals surface area contributed by atoms with Gasteiger partial charge in [-0.3, -0.25) is 4.79 Å². The quantitative estimate of drug-likeness (QED) is 0.415. The molecule has 174 valence electrons. The van der Waals surface area contributed by atoms with Crippen molar-refractivity contribution in [3.8, 4) is 0 Å². The van der Waals surface area contributed by atoms with Gasteiger partial charge in [-0.25, -0.2) is 0 Å². The number of hydrogen-bond acceptors (Lipinski definition) is 5. The molecule has 33 heavy (non-hydrogen) atoms. The molecule has 1 saturated heterocycles. The van der Waals surface area contributed by atoms with Gasteiger partial charge < -0.3 is 20.3 Å². The molecule has 0 spiro atoms. The van der Waals surface area contributed by atoms with Crippen LogP contribution in [0.4, 0.5) is 18.9 Å². The summed E-state index contributed by atoms with van der Waals surface area (Å²) in [5, 5.41) is 16.3. The summed E-state index contributed by atoms with van der Waals surface area (Å²) in [6.07, 6.45) is -2.51. The second-order valence-corrected chi connectivity index (χ2v) is 8.22. The zero-order valence-electron chi connectivity index (χ0n) is 18.1. The van der Waals surface area contributed by atoms with Crippen LogP contribution in [-0.2, 0) is 11.0 Å². The van der Waals surface area contributed by atoms with Crippen LogP contribution in [-0.4, -0.2) is 53.9 Å². The molecule has 2 aromatic carbocycles. The van der Waals surface area contributed by atoms with Crippen molar-refractivity contribution in [2.45, 2.75) is 19.1 Å². The lowest BCUT2D eigenvalue weighted by atomic mass is 9.96. The van der Waals surface area contributed by atoms with Crippen molar-refractivity contribution in [2.24, 2.45) is 11.1 Å². The Balaban J connectivity index is 1.43. The van der Waals surface area contributed by atoms with E-state index in [0.717, 1.165) is 23.4 Å². The van der Waals surface area contributed by atoms with Crippen molar-refractivity contribution in [1.29, 1.82) is 0 Å². The lowest BCUT2D eigenvalue weighted by Gasteiger charge is -2.36. The predicted octanol–water partition coefficient (Wildman–Crippen LogP) is 3.83. The van der Waals surface area contributed by atoms with Crippen LogP contribution < -0.4 is 10.2 Å². The fourth-order valence-electron chi connectivity index (χ4n) is 4.28. The van der Waals surface area contributed by atoms with Gasteiger partial charge in [-0.1, -0.05) is 41.6 Å². The first-order valence-electron chi connectivity index (χ1n) is 10.7. The molecule has 0 radical (unpaired) electrons. The third-order valence-corrected chi connectivity index (χ3v) is 6.10. The fourth-order valence-corrected chi connectivity index (χ4v) is 4.28. The Hall–Kier alpha value is -3.49. The van der Waals surface area contributed by atoms with E-state index >= 15 is 0 Å². The van der Waals surface area contributed by atoms with Crippen molar-refractivity contribution in [2.75, 3.05) is 31.1 Å². The molecule has 2 aliphatic rings. The van der Waals surface area contributed by atoms with Gasteiger partial charge >= 0.3 is 6.18 Å². The maximum absolute atomic E-state index is 13.1. The maximum atomic E-state index is 13.1. The molecule has 1 fully saturated rings. The van der Waals surface area contributed by atoms with Gasteiger partial charge in [-0.05, 0) is 36.8 Å². The molecule has 9 heteroatoms. The van der Waals surface area contributed by atoms with E-state index < -0.39 is 17.7 Å². The predicted molar refractivity (Wildman–Crippen MR) is 120 cm³/mol. The second-order valence-electron chi connectivity index (χ2n) is 8.22. The molecule has 2 N–H and O–H groups in total. The average molecular weight is 458 g/mol. The number of nitrogens with zero attached hydrogens (tertiary/aromatic N) is 3. The molecule has 0 saturated carbocycles. The fraction of sp³-hybridized carbons (Fsp3) is 0.333.